The van der Waals surface area contributed by atoms with Crippen LogP contribution in [0.25, 0.3) is 6.08 Å². The molecule has 4 nitrogen and oxygen atoms in total. The first-order valence-corrected chi connectivity index (χ1v) is 12.9. The predicted octanol–water partition coefficient (Wildman–Crippen LogP) is 7.14. The van der Waals surface area contributed by atoms with Crippen LogP contribution >= 0.6 is 0 Å². The van der Waals surface area contributed by atoms with E-state index in [1.54, 1.807) is 24.3 Å². The molecular formula is C28H46O4. The molecule has 0 aliphatic carbocycles. The number of Topliss-reactive ketones (excluding diaryl/α,β-unsaturated/α-hetero) is 1. The maximum absolute atomic E-state index is 12.5. The summed E-state index contributed by atoms with van der Waals surface area (Å²) in [5.74, 6) is -1.03. The molecule has 3 N–H and O–H groups in total. The van der Waals surface area contributed by atoms with Gasteiger partial charge in [0.05, 0.1) is 6.61 Å². The van der Waals surface area contributed by atoms with Crippen LogP contribution in [0.3, 0.4) is 0 Å². The number of hydrogen-bond donors (Lipinski definition) is 3. The van der Waals surface area contributed by atoms with Crippen LogP contribution in [0.1, 0.15) is 115 Å². The molecule has 0 aliphatic rings. The van der Waals surface area contributed by atoms with Crippen molar-refractivity contribution in [3.63, 3.8) is 0 Å². The zero-order valence-electron chi connectivity index (χ0n) is 20.2. The molecule has 0 saturated carbocycles. The lowest BCUT2D eigenvalue weighted by atomic mass is 9.91. The highest BCUT2D eigenvalue weighted by molar-refractivity contribution is 5.91. The largest absolute Gasteiger partial charge is 0.509 e. The van der Waals surface area contributed by atoms with Crippen LogP contribution in [0.2, 0.25) is 0 Å². The molecule has 4 heteroatoms. The van der Waals surface area contributed by atoms with E-state index in [4.69, 9.17) is 0 Å². The first-order chi connectivity index (χ1) is 15.5. The quantitative estimate of drug-likeness (QED) is 0.147. The van der Waals surface area contributed by atoms with E-state index >= 15 is 0 Å². The fraction of sp³-hybridized carbons (Fsp3) is 0.679. The molecule has 0 saturated heterocycles. The molecular weight excluding hydrogens is 400 g/mol. The monoisotopic (exact) mass is 446 g/mol. The van der Waals surface area contributed by atoms with Crippen LogP contribution in [0.15, 0.2) is 36.1 Å². The molecule has 0 aromatic heterocycles. The van der Waals surface area contributed by atoms with Crippen molar-refractivity contribution in [1.82, 2.24) is 0 Å². The van der Waals surface area contributed by atoms with Crippen molar-refractivity contribution in [3.8, 4) is 0 Å². The fourth-order valence-corrected chi connectivity index (χ4v) is 4.00. The summed E-state index contributed by atoms with van der Waals surface area (Å²) in [6, 6.07) is 8.96. The van der Waals surface area contributed by atoms with E-state index in [9.17, 15) is 20.1 Å². The predicted molar refractivity (Wildman–Crippen MR) is 134 cm³/mol. The maximum atomic E-state index is 12.5. The van der Waals surface area contributed by atoms with Crippen LogP contribution < -0.4 is 0 Å². The highest BCUT2D eigenvalue weighted by Gasteiger charge is 2.39. The summed E-state index contributed by atoms with van der Waals surface area (Å²) >= 11 is 0. The van der Waals surface area contributed by atoms with E-state index in [0.717, 1.165) is 12.8 Å². The van der Waals surface area contributed by atoms with E-state index in [1.807, 2.05) is 6.07 Å². The van der Waals surface area contributed by atoms with Crippen molar-refractivity contribution in [3.05, 3.63) is 41.7 Å². The number of aliphatic hydroxyl groups is 3. The van der Waals surface area contributed by atoms with Gasteiger partial charge in [-0.2, -0.15) is 0 Å². The van der Waals surface area contributed by atoms with E-state index in [0.29, 0.717) is 12.0 Å². The second-order valence-corrected chi connectivity index (χ2v) is 9.08. The molecule has 0 radical (unpaired) electrons. The molecule has 0 bridgehead atoms. The van der Waals surface area contributed by atoms with Gasteiger partial charge in [-0.1, -0.05) is 127 Å². The second-order valence-electron chi connectivity index (χ2n) is 9.08. The molecule has 32 heavy (non-hydrogen) atoms. The smallest absolute Gasteiger partial charge is 0.202 e. The average Bonchev–Trinajstić information content (AvgIpc) is 2.81. The Morgan fingerprint density at radius 2 is 1.22 bits per heavy atom. The fourth-order valence-electron chi connectivity index (χ4n) is 4.00. The van der Waals surface area contributed by atoms with Crippen molar-refractivity contribution in [2.75, 3.05) is 6.61 Å². The number of unbranched alkanes of at least 4 members (excludes halogenated alkanes) is 14. The average molecular weight is 447 g/mol. The third-order valence-corrected chi connectivity index (χ3v) is 6.22. The minimum atomic E-state index is -2.22. The van der Waals surface area contributed by atoms with Crippen molar-refractivity contribution < 1.29 is 20.1 Å². The molecule has 1 unspecified atom stereocenters. The summed E-state index contributed by atoms with van der Waals surface area (Å²) in [7, 11) is 0. The number of rotatable bonds is 20. The molecule has 1 atom stereocenters. The molecule has 1 aromatic rings. The van der Waals surface area contributed by atoms with Gasteiger partial charge in [-0.3, -0.25) is 4.79 Å². The highest BCUT2D eigenvalue weighted by atomic mass is 16.4. The zero-order chi connectivity index (χ0) is 23.5. The number of hydrogen-bond acceptors (Lipinski definition) is 4. The molecule has 1 aromatic carbocycles. The van der Waals surface area contributed by atoms with Crippen molar-refractivity contribution in [1.29, 1.82) is 0 Å². The van der Waals surface area contributed by atoms with E-state index in [1.165, 1.54) is 83.1 Å². The number of benzene rings is 1. The lowest BCUT2D eigenvalue weighted by Crippen LogP contribution is -2.44. The summed E-state index contributed by atoms with van der Waals surface area (Å²) in [6.07, 6.45) is 20.2. The van der Waals surface area contributed by atoms with Crippen molar-refractivity contribution >= 4 is 11.9 Å². The van der Waals surface area contributed by atoms with Gasteiger partial charge in [0.1, 0.15) is 5.76 Å². The first-order valence-electron chi connectivity index (χ1n) is 12.9. The molecule has 1 rings (SSSR count). The van der Waals surface area contributed by atoms with Gasteiger partial charge in [-0.15, -0.1) is 0 Å². The highest BCUT2D eigenvalue weighted by Crippen LogP contribution is 2.22. The minimum Gasteiger partial charge on any atom is -0.509 e. The standard InChI is InChI=1S/C28H46O4/c1-2-3-4-5-6-7-8-9-10-11-12-13-14-15-19-22-26(30)28(32,24-29)27(31)23-25-20-17-16-18-21-25/h16-18,20-21,23,29,31-32H,2-15,19,22,24H2,1H3. The van der Waals surface area contributed by atoms with Crippen molar-refractivity contribution in [2.24, 2.45) is 0 Å². The van der Waals surface area contributed by atoms with Gasteiger partial charge in [-0.25, -0.2) is 0 Å². The third kappa shape index (κ3) is 11.8. The Bertz CT molecular complexity index is 626. The van der Waals surface area contributed by atoms with Gasteiger partial charge < -0.3 is 15.3 Å². The van der Waals surface area contributed by atoms with Gasteiger partial charge in [0.15, 0.2) is 5.78 Å². The Hall–Kier alpha value is -1.65. The van der Waals surface area contributed by atoms with Gasteiger partial charge >= 0.3 is 0 Å². The minimum absolute atomic E-state index is 0.155. The molecule has 182 valence electrons. The van der Waals surface area contributed by atoms with E-state index < -0.39 is 23.8 Å². The summed E-state index contributed by atoms with van der Waals surface area (Å²) in [5.41, 5.74) is -1.55. The topological polar surface area (TPSA) is 77.8 Å². The Labute approximate surface area is 195 Å². The van der Waals surface area contributed by atoms with Gasteiger partial charge in [0.25, 0.3) is 0 Å². The van der Waals surface area contributed by atoms with Crippen molar-refractivity contribution in [2.45, 2.75) is 115 Å². The first kappa shape index (κ1) is 28.4. The van der Waals surface area contributed by atoms with E-state index in [2.05, 4.69) is 6.92 Å². The summed E-state index contributed by atoms with van der Waals surface area (Å²) in [6.45, 7) is 1.44. The lowest BCUT2D eigenvalue weighted by Gasteiger charge is -2.23. The molecule has 0 fully saturated rings. The summed E-state index contributed by atoms with van der Waals surface area (Å²) in [4.78, 5) is 12.5. The van der Waals surface area contributed by atoms with Crippen LogP contribution in [0.5, 0.6) is 0 Å². The zero-order valence-corrected chi connectivity index (χ0v) is 20.2. The maximum Gasteiger partial charge on any atom is 0.202 e. The number of carbonyl (C=O) groups excluding carboxylic acids is 1. The summed E-state index contributed by atoms with van der Waals surface area (Å²) in [5, 5.41) is 30.3. The SMILES string of the molecule is CCCCCCCCCCCCCCCCCC(=O)C(O)(CO)C(O)=Cc1ccccc1. The summed E-state index contributed by atoms with van der Waals surface area (Å²) < 4.78 is 0. The lowest BCUT2D eigenvalue weighted by molar-refractivity contribution is -0.140. The number of ketones is 1. The van der Waals surface area contributed by atoms with E-state index in [-0.39, 0.29) is 6.42 Å². The second kappa shape index (κ2) is 17.9. The van der Waals surface area contributed by atoms with Gasteiger partial charge in [-0.05, 0) is 18.1 Å². The Morgan fingerprint density at radius 3 is 1.66 bits per heavy atom. The normalized spacial score (nSPS) is 13.8. The Kier molecular flexibility index (Phi) is 15.8. The Balaban J connectivity index is 2.10. The Morgan fingerprint density at radius 1 is 0.781 bits per heavy atom. The van der Waals surface area contributed by atoms with Gasteiger partial charge in [0, 0.05) is 6.42 Å². The number of carbonyl (C=O) groups is 1. The number of aliphatic hydroxyl groups excluding tert-OH is 2. The van der Waals surface area contributed by atoms with Crippen LogP contribution in [0.4, 0.5) is 0 Å². The van der Waals surface area contributed by atoms with Crippen LogP contribution in [-0.4, -0.2) is 33.3 Å². The molecule has 0 amide bonds. The molecule has 0 aliphatic heterocycles. The molecule has 0 heterocycles. The molecule has 0 spiro atoms. The van der Waals surface area contributed by atoms with Crippen LogP contribution in [0, 0.1) is 0 Å². The van der Waals surface area contributed by atoms with Gasteiger partial charge in [0.2, 0.25) is 5.60 Å². The van der Waals surface area contributed by atoms with Crippen LogP contribution in [-0.2, 0) is 4.79 Å². The third-order valence-electron chi connectivity index (χ3n) is 6.22.